The van der Waals surface area contributed by atoms with Crippen molar-refractivity contribution in [3.8, 4) is 0 Å². The van der Waals surface area contributed by atoms with E-state index in [2.05, 4.69) is 13.8 Å². The highest BCUT2D eigenvalue weighted by Crippen LogP contribution is 2.18. The van der Waals surface area contributed by atoms with Gasteiger partial charge in [-0.2, -0.15) is 0 Å². The number of halogens is 1. The largest absolute Gasteiger partial charge is 0.462 e. The Morgan fingerprint density at radius 3 is 1.50 bits per heavy atom. The standard InChI is InChI=1S/C25H47FO2/c1-4-6-8-10-12-13-14-15-16-17-19-21-24(26)23(3)25(27)28-22-20-18-11-9-7-5-2/h4-22H2,1-3H3. The predicted octanol–water partition coefficient (Wildman–Crippen LogP) is 8.83. The summed E-state index contributed by atoms with van der Waals surface area (Å²) in [6.07, 6.45) is 21.0. The smallest absolute Gasteiger partial charge is 0.336 e. The second-order valence-corrected chi connectivity index (χ2v) is 8.22. The normalized spacial score (nSPS) is 12.1. The van der Waals surface area contributed by atoms with Gasteiger partial charge in [-0.3, -0.25) is 0 Å². The maximum absolute atomic E-state index is 14.1. The Labute approximate surface area is 174 Å². The van der Waals surface area contributed by atoms with Gasteiger partial charge < -0.3 is 4.74 Å². The lowest BCUT2D eigenvalue weighted by atomic mass is 10.0. The summed E-state index contributed by atoms with van der Waals surface area (Å²) in [6.45, 7) is 6.41. The fourth-order valence-corrected chi connectivity index (χ4v) is 3.40. The fraction of sp³-hybridized carbons (Fsp3) is 0.880. The van der Waals surface area contributed by atoms with Gasteiger partial charge in [0.15, 0.2) is 0 Å². The highest BCUT2D eigenvalue weighted by Gasteiger charge is 2.12. The van der Waals surface area contributed by atoms with Crippen molar-refractivity contribution >= 4 is 5.97 Å². The van der Waals surface area contributed by atoms with Crippen molar-refractivity contribution in [1.82, 2.24) is 0 Å². The number of carbonyl (C=O) groups is 1. The Morgan fingerprint density at radius 1 is 0.643 bits per heavy atom. The van der Waals surface area contributed by atoms with Gasteiger partial charge in [0.05, 0.1) is 12.2 Å². The highest BCUT2D eigenvalue weighted by molar-refractivity contribution is 5.88. The number of rotatable bonds is 20. The van der Waals surface area contributed by atoms with Crippen molar-refractivity contribution in [3.63, 3.8) is 0 Å². The molecule has 0 aliphatic heterocycles. The van der Waals surface area contributed by atoms with Gasteiger partial charge in [0.1, 0.15) is 5.83 Å². The second-order valence-electron chi connectivity index (χ2n) is 8.22. The Morgan fingerprint density at radius 2 is 1.04 bits per heavy atom. The maximum atomic E-state index is 14.1. The van der Waals surface area contributed by atoms with Crippen molar-refractivity contribution in [1.29, 1.82) is 0 Å². The van der Waals surface area contributed by atoms with E-state index in [1.54, 1.807) is 6.92 Å². The minimum atomic E-state index is -0.478. The third-order valence-corrected chi connectivity index (χ3v) is 5.44. The zero-order valence-corrected chi connectivity index (χ0v) is 19.1. The van der Waals surface area contributed by atoms with Crippen LogP contribution in [0.5, 0.6) is 0 Å². The molecule has 0 heterocycles. The number of unbranched alkanes of at least 4 members (excludes halogenated alkanes) is 15. The number of hydrogen-bond donors (Lipinski definition) is 0. The van der Waals surface area contributed by atoms with E-state index in [0.717, 1.165) is 25.7 Å². The Kier molecular flexibility index (Phi) is 20.2. The summed E-state index contributed by atoms with van der Waals surface area (Å²) in [5.74, 6) is -0.766. The van der Waals surface area contributed by atoms with Gasteiger partial charge in [-0.15, -0.1) is 0 Å². The second kappa shape index (κ2) is 20.9. The molecule has 0 aromatic rings. The number of allylic oxidation sites excluding steroid dienone is 1. The maximum Gasteiger partial charge on any atom is 0.336 e. The summed E-state index contributed by atoms with van der Waals surface area (Å²) in [5, 5.41) is 0. The van der Waals surface area contributed by atoms with Crippen LogP contribution in [0.3, 0.4) is 0 Å². The molecular weight excluding hydrogens is 351 g/mol. The topological polar surface area (TPSA) is 26.3 Å². The van der Waals surface area contributed by atoms with Crippen LogP contribution >= 0.6 is 0 Å². The van der Waals surface area contributed by atoms with Crippen LogP contribution in [0.4, 0.5) is 4.39 Å². The first kappa shape index (κ1) is 27.1. The summed E-state index contributed by atoms with van der Waals surface area (Å²) in [6, 6.07) is 0. The first-order chi connectivity index (χ1) is 13.6. The fourth-order valence-electron chi connectivity index (χ4n) is 3.40. The van der Waals surface area contributed by atoms with Crippen molar-refractivity contribution in [2.24, 2.45) is 0 Å². The Balaban J connectivity index is 3.61. The molecule has 2 nitrogen and oxygen atoms in total. The van der Waals surface area contributed by atoms with Gasteiger partial charge in [-0.1, -0.05) is 110 Å². The zero-order chi connectivity index (χ0) is 20.9. The van der Waals surface area contributed by atoms with E-state index in [9.17, 15) is 9.18 Å². The molecule has 0 spiro atoms. The SMILES string of the molecule is CCCCCCCCCCCCCC(F)=C(C)C(=O)OCCCCCCCC. The lowest BCUT2D eigenvalue weighted by Gasteiger charge is -2.07. The summed E-state index contributed by atoms with van der Waals surface area (Å²) in [5.41, 5.74) is 0.165. The van der Waals surface area contributed by atoms with Crippen LogP contribution in [-0.2, 0) is 9.53 Å². The highest BCUT2D eigenvalue weighted by atomic mass is 19.1. The van der Waals surface area contributed by atoms with Crippen LogP contribution in [0.1, 0.15) is 136 Å². The molecule has 0 aromatic heterocycles. The number of hydrogen-bond acceptors (Lipinski definition) is 2. The molecular formula is C25H47FO2. The minimum absolute atomic E-state index is 0.165. The first-order valence-electron chi connectivity index (χ1n) is 12.2. The molecule has 0 aliphatic rings. The molecule has 166 valence electrons. The summed E-state index contributed by atoms with van der Waals surface area (Å²) < 4.78 is 19.3. The molecule has 0 saturated carbocycles. The number of carbonyl (C=O) groups excluding carboxylic acids is 1. The molecule has 0 saturated heterocycles. The summed E-state index contributed by atoms with van der Waals surface area (Å²) in [4.78, 5) is 11.9. The van der Waals surface area contributed by atoms with E-state index >= 15 is 0 Å². The Hall–Kier alpha value is -0.860. The van der Waals surface area contributed by atoms with Crippen molar-refractivity contribution in [2.75, 3.05) is 6.61 Å². The van der Waals surface area contributed by atoms with Crippen molar-refractivity contribution in [2.45, 2.75) is 136 Å². The van der Waals surface area contributed by atoms with Crippen LogP contribution in [0.15, 0.2) is 11.4 Å². The van der Waals surface area contributed by atoms with E-state index in [-0.39, 0.29) is 11.4 Å². The van der Waals surface area contributed by atoms with Crippen molar-refractivity contribution in [3.05, 3.63) is 11.4 Å². The molecule has 0 fully saturated rings. The molecule has 0 bridgehead atoms. The van der Waals surface area contributed by atoms with E-state index < -0.39 is 5.97 Å². The van der Waals surface area contributed by atoms with Crippen LogP contribution in [0.2, 0.25) is 0 Å². The molecule has 0 atom stereocenters. The lowest BCUT2D eigenvalue weighted by molar-refractivity contribution is -0.139. The number of esters is 1. The van der Waals surface area contributed by atoms with Gasteiger partial charge in [-0.25, -0.2) is 9.18 Å². The third-order valence-electron chi connectivity index (χ3n) is 5.44. The molecule has 0 radical (unpaired) electrons. The lowest BCUT2D eigenvalue weighted by Crippen LogP contribution is -2.08. The molecule has 0 unspecified atom stereocenters. The van der Waals surface area contributed by atoms with Gasteiger partial charge in [0, 0.05) is 0 Å². The van der Waals surface area contributed by atoms with Gasteiger partial charge in [0.25, 0.3) is 0 Å². The van der Waals surface area contributed by atoms with Gasteiger partial charge >= 0.3 is 5.97 Å². The van der Waals surface area contributed by atoms with Crippen LogP contribution in [0.25, 0.3) is 0 Å². The third kappa shape index (κ3) is 17.3. The molecule has 3 heteroatoms. The van der Waals surface area contributed by atoms with E-state index in [0.29, 0.717) is 13.0 Å². The van der Waals surface area contributed by atoms with Gasteiger partial charge in [-0.05, 0) is 26.2 Å². The molecule has 0 aliphatic carbocycles. The van der Waals surface area contributed by atoms with Crippen LogP contribution < -0.4 is 0 Å². The average Bonchev–Trinajstić information content (AvgIpc) is 2.70. The monoisotopic (exact) mass is 398 g/mol. The van der Waals surface area contributed by atoms with Crippen LogP contribution in [-0.4, -0.2) is 12.6 Å². The molecule has 0 aromatic carbocycles. The summed E-state index contributed by atoms with van der Waals surface area (Å²) >= 11 is 0. The summed E-state index contributed by atoms with van der Waals surface area (Å²) in [7, 11) is 0. The molecule has 0 amide bonds. The van der Waals surface area contributed by atoms with E-state index in [4.69, 9.17) is 4.74 Å². The number of ether oxygens (including phenoxy) is 1. The van der Waals surface area contributed by atoms with Crippen molar-refractivity contribution < 1.29 is 13.9 Å². The quantitative estimate of drug-likeness (QED) is 0.116. The zero-order valence-electron chi connectivity index (χ0n) is 19.1. The van der Waals surface area contributed by atoms with E-state index in [1.807, 2.05) is 0 Å². The minimum Gasteiger partial charge on any atom is -0.462 e. The predicted molar refractivity (Wildman–Crippen MR) is 119 cm³/mol. The first-order valence-corrected chi connectivity index (χ1v) is 12.2. The van der Waals surface area contributed by atoms with Crippen LogP contribution in [0, 0.1) is 0 Å². The Bertz CT molecular complexity index is 390. The molecule has 28 heavy (non-hydrogen) atoms. The molecule has 0 N–H and O–H groups in total. The molecule has 0 rings (SSSR count). The average molecular weight is 399 g/mol. The van der Waals surface area contributed by atoms with E-state index in [1.165, 1.54) is 83.5 Å². The van der Waals surface area contributed by atoms with Gasteiger partial charge in [0.2, 0.25) is 0 Å².